The Morgan fingerprint density at radius 3 is 2.88 bits per heavy atom. The molecule has 86 valence electrons. The molecule has 0 aromatic heterocycles. The second-order valence-electron chi connectivity index (χ2n) is 4.13. The Bertz CT molecular complexity index is 430. The summed E-state index contributed by atoms with van der Waals surface area (Å²) in [4.78, 5) is 0. The van der Waals surface area contributed by atoms with Gasteiger partial charge in [0.05, 0.1) is 11.6 Å². The van der Waals surface area contributed by atoms with Crippen LogP contribution in [0.15, 0.2) is 18.2 Å². The molecule has 0 amide bonds. The number of nitrogens with one attached hydrogen (secondary N) is 1. The topological polar surface area (TPSA) is 21.3 Å². The smallest absolute Gasteiger partial charge is 0.416 e. The Balaban J connectivity index is 2.00. The number of ether oxygens (including phenoxy) is 1. The van der Waals surface area contributed by atoms with Gasteiger partial charge in [-0.05, 0) is 25.1 Å². The number of benzene rings is 1. The van der Waals surface area contributed by atoms with Gasteiger partial charge in [-0.25, -0.2) is 0 Å². The quantitative estimate of drug-likeness (QED) is 0.738. The van der Waals surface area contributed by atoms with Crippen LogP contribution in [0.25, 0.3) is 0 Å². The van der Waals surface area contributed by atoms with Crippen LogP contribution in [0.2, 0.25) is 0 Å². The first-order valence-corrected chi connectivity index (χ1v) is 5.17. The van der Waals surface area contributed by atoms with Crippen LogP contribution in [0.3, 0.4) is 0 Å². The normalized spacial score (nSPS) is 27.4. The Labute approximate surface area is 90.4 Å². The third-order valence-corrected chi connectivity index (χ3v) is 3.12. The number of alkyl halides is 3. The highest BCUT2D eigenvalue weighted by Crippen LogP contribution is 2.43. The summed E-state index contributed by atoms with van der Waals surface area (Å²) >= 11 is 0. The van der Waals surface area contributed by atoms with Gasteiger partial charge in [0.2, 0.25) is 0 Å². The largest absolute Gasteiger partial charge is 0.488 e. The molecule has 2 aliphatic rings. The van der Waals surface area contributed by atoms with Gasteiger partial charge in [-0.15, -0.1) is 0 Å². The maximum atomic E-state index is 12.5. The van der Waals surface area contributed by atoms with Gasteiger partial charge in [0.15, 0.2) is 0 Å². The van der Waals surface area contributed by atoms with Crippen LogP contribution in [-0.2, 0) is 6.18 Å². The molecular weight excluding hydrogens is 219 g/mol. The molecule has 16 heavy (non-hydrogen) atoms. The lowest BCUT2D eigenvalue weighted by Gasteiger charge is -2.09. The van der Waals surface area contributed by atoms with Crippen molar-refractivity contribution in [1.29, 1.82) is 0 Å². The molecule has 0 spiro atoms. The van der Waals surface area contributed by atoms with Crippen molar-refractivity contribution < 1.29 is 17.9 Å². The number of fused-ring (bicyclic) bond motifs is 3. The molecule has 5 heteroatoms. The van der Waals surface area contributed by atoms with E-state index in [2.05, 4.69) is 5.32 Å². The summed E-state index contributed by atoms with van der Waals surface area (Å²) < 4.78 is 42.9. The number of rotatable bonds is 0. The first-order valence-electron chi connectivity index (χ1n) is 5.17. The molecule has 0 bridgehead atoms. The maximum absolute atomic E-state index is 12.5. The Morgan fingerprint density at radius 1 is 1.31 bits per heavy atom. The maximum Gasteiger partial charge on any atom is 0.416 e. The minimum absolute atomic E-state index is 0.00140. The van der Waals surface area contributed by atoms with Crippen LogP contribution < -0.4 is 10.1 Å². The number of hydrogen-bond acceptors (Lipinski definition) is 2. The Hall–Kier alpha value is -1.23. The second-order valence-corrected chi connectivity index (χ2v) is 4.13. The van der Waals surface area contributed by atoms with E-state index in [1.54, 1.807) is 0 Å². The van der Waals surface area contributed by atoms with E-state index in [1.807, 2.05) is 0 Å². The molecule has 2 aliphatic heterocycles. The average Bonchev–Trinajstić information content (AvgIpc) is 2.74. The predicted octanol–water partition coefficient (Wildman–Crippen LogP) is 2.50. The van der Waals surface area contributed by atoms with Crippen molar-refractivity contribution in [1.82, 2.24) is 5.32 Å². The lowest BCUT2D eigenvalue weighted by Crippen LogP contribution is -2.18. The van der Waals surface area contributed by atoms with E-state index in [9.17, 15) is 13.2 Å². The van der Waals surface area contributed by atoms with Gasteiger partial charge in [-0.3, -0.25) is 0 Å². The predicted molar refractivity (Wildman–Crippen MR) is 51.2 cm³/mol. The molecule has 0 aliphatic carbocycles. The second kappa shape index (κ2) is 3.13. The third-order valence-electron chi connectivity index (χ3n) is 3.12. The standard InChI is InChI=1S/C11H10F3NO/c12-11(13,14)6-1-2-7-9(5-6)16-8-3-4-15-10(7)8/h1-2,5,8,10,15H,3-4H2. The zero-order chi connectivity index (χ0) is 11.3. The van der Waals surface area contributed by atoms with Crippen LogP contribution in [-0.4, -0.2) is 12.6 Å². The molecule has 0 saturated carbocycles. The molecule has 2 heterocycles. The van der Waals surface area contributed by atoms with E-state index in [0.717, 1.165) is 30.7 Å². The Morgan fingerprint density at radius 2 is 2.12 bits per heavy atom. The van der Waals surface area contributed by atoms with Crippen LogP contribution in [0, 0.1) is 0 Å². The van der Waals surface area contributed by atoms with Crippen molar-refractivity contribution in [3.8, 4) is 5.75 Å². The van der Waals surface area contributed by atoms with Crippen molar-refractivity contribution in [3.63, 3.8) is 0 Å². The monoisotopic (exact) mass is 229 g/mol. The van der Waals surface area contributed by atoms with Crippen molar-refractivity contribution in [2.24, 2.45) is 0 Å². The summed E-state index contributed by atoms with van der Waals surface area (Å²) in [5.74, 6) is 0.372. The van der Waals surface area contributed by atoms with Gasteiger partial charge in [-0.2, -0.15) is 13.2 Å². The van der Waals surface area contributed by atoms with Gasteiger partial charge < -0.3 is 10.1 Å². The minimum Gasteiger partial charge on any atom is -0.488 e. The highest BCUT2D eigenvalue weighted by Gasteiger charge is 2.40. The first-order chi connectivity index (χ1) is 7.55. The third kappa shape index (κ3) is 1.38. The van der Waals surface area contributed by atoms with Gasteiger partial charge in [0, 0.05) is 5.56 Å². The summed E-state index contributed by atoms with van der Waals surface area (Å²) in [5, 5.41) is 3.23. The van der Waals surface area contributed by atoms with Crippen LogP contribution >= 0.6 is 0 Å². The molecule has 3 rings (SSSR count). The lowest BCUT2D eigenvalue weighted by atomic mass is 10.0. The van der Waals surface area contributed by atoms with Crippen molar-refractivity contribution >= 4 is 0 Å². The van der Waals surface area contributed by atoms with Crippen LogP contribution in [0.5, 0.6) is 5.75 Å². The summed E-state index contributed by atoms with van der Waals surface area (Å²) in [6.07, 6.45) is -3.46. The summed E-state index contributed by atoms with van der Waals surface area (Å²) in [6.45, 7) is 0.857. The van der Waals surface area contributed by atoms with E-state index in [0.29, 0.717) is 5.75 Å². The molecule has 1 N–H and O–H groups in total. The fraction of sp³-hybridized carbons (Fsp3) is 0.455. The highest BCUT2D eigenvalue weighted by atomic mass is 19.4. The fourth-order valence-electron chi connectivity index (χ4n) is 2.35. The van der Waals surface area contributed by atoms with Gasteiger partial charge in [0.1, 0.15) is 11.9 Å². The average molecular weight is 229 g/mol. The molecule has 2 atom stereocenters. The summed E-state index contributed by atoms with van der Waals surface area (Å²) in [7, 11) is 0. The van der Waals surface area contributed by atoms with E-state index < -0.39 is 11.7 Å². The van der Waals surface area contributed by atoms with Crippen LogP contribution in [0.1, 0.15) is 23.6 Å². The van der Waals surface area contributed by atoms with Gasteiger partial charge in [-0.1, -0.05) is 6.07 Å². The van der Waals surface area contributed by atoms with Gasteiger partial charge >= 0.3 is 6.18 Å². The zero-order valence-corrected chi connectivity index (χ0v) is 8.34. The molecular formula is C11H10F3NO. The minimum atomic E-state index is -4.30. The molecule has 1 saturated heterocycles. The lowest BCUT2D eigenvalue weighted by molar-refractivity contribution is -0.137. The van der Waals surface area contributed by atoms with Crippen molar-refractivity contribution in [3.05, 3.63) is 29.3 Å². The van der Waals surface area contributed by atoms with Crippen molar-refractivity contribution in [2.75, 3.05) is 6.54 Å². The van der Waals surface area contributed by atoms with E-state index in [4.69, 9.17) is 4.74 Å². The van der Waals surface area contributed by atoms with E-state index in [-0.39, 0.29) is 12.1 Å². The molecule has 2 unspecified atom stereocenters. The molecule has 2 nitrogen and oxygen atoms in total. The summed E-state index contributed by atoms with van der Waals surface area (Å²) in [6, 6.07) is 3.79. The number of hydrogen-bond donors (Lipinski definition) is 1. The van der Waals surface area contributed by atoms with E-state index in [1.165, 1.54) is 6.07 Å². The Kier molecular flexibility index (Phi) is 1.95. The molecule has 0 radical (unpaired) electrons. The molecule has 1 fully saturated rings. The fourth-order valence-corrected chi connectivity index (χ4v) is 2.35. The van der Waals surface area contributed by atoms with E-state index >= 15 is 0 Å². The zero-order valence-electron chi connectivity index (χ0n) is 8.34. The highest BCUT2D eigenvalue weighted by molar-refractivity contribution is 5.45. The number of halogens is 3. The van der Waals surface area contributed by atoms with Crippen molar-refractivity contribution in [2.45, 2.75) is 24.7 Å². The molecule has 1 aromatic rings. The molecule has 1 aromatic carbocycles. The first kappa shape index (κ1) is 9.96. The SMILES string of the molecule is FC(F)(F)c1ccc2c(c1)OC1CCNC21. The van der Waals surface area contributed by atoms with Crippen LogP contribution in [0.4, 0.5) is 13.2 Å². The van der Waals surface area contributed by atoms with Gasteiger partial charge in [0.25, 0.3) is 0 Å². The summed E-state index contributed by atoms with van der Waals surface area (Å²) in [5.41, 5.74) is 0.196.